The van der Waals surface area contributed by atoms with E-state index in [9.17, 15) is 14.4 Å². The summed E-state index contributed by atoms with van der Waals surface area (Å²) in [7, 11) is 1.37. The van der Waals surface area contributed by atoms with Gasteiger partial charge in [-0.3, -0.25) is 9.59 Å². The number of amides is 1. The van der Waals surface area contributed by atoms with E-state index in [1.165, 1.54) is 14.0 Å². The zero-order valence-corrected chi connectivity index (χ0v) is 14.1. The quantitative estimate of drug-likeness (QED) is 0.305. The van der Waals surface area contributed by atoms with E-state index in [4.69, 9.17) is 19.6 Å². The van der Waals surface area contributed by atoms with Gasteiger partial charge in [0.2, 0.25) is 5.91 Å². The maximum Gasteiger partial charge on any atom is 0.328 e. The number of methoxy groups -OCH3 is 1. The summed E-state index contributed by atoms with van der Waals surface area (Å²) in [5, 5.41) is 9.35. The summed E-state index contributed by atoms with van der Waals surface area (Å²) >= 11 is 0. The van der Waals surface area contributed by atoms with Crippen LogP contribution in [0.15, 0.2) is 0 Å². The molecule has 23 heavy (non-hydrogen) atoms. The molecule has 132 valence electrons. The van der Waals surface area contributed by atoms with Crippen LogP contribution in [0.1, 0.15) is 33.6 Å². The topological polar surface area (TPSA) is 115 Å². The standard InChI is InChI=1S/C15H26N2O6/c1-10(2)22-7-8-23-15(20)13(6-5-12(18)9-16)17-14(19)11(3)21-4/h9-11,13,16H,5-8H2,1-4H3,(H,17,19)/t11-,13+/m1/s1. The fraction of sp³-hybridized carbons (Fsp3) is 0.733. The number of rotatable bonds is 12. The summed E-state index contributed by atoms with van der Waals surface area (Å²) in [6.07, 6.45) is -0.00319. The SMILES string of the molecule is CO[C@H](C)C(=O)N[C@@H](CCC(=O)C=N)C(=O)OCCOC(C)C. The number of hydrogen-bond acceptors (Lipinski definition) is 7. The van der Waals surface area contributed by atoms with Crippen LogP contribution in [0, 0.1) is 5.41 Å². The maximum absolute atomic E-state index is 12.0. The van der Waals surface area contributed by atoms with Crippen molar-refractivity contribution >= 4 is 23.9 Å². The Balaban J connectivity index is 4.55. The van der Waals surface area contributed by atoms with Crippen LogP contribution >= 0.6 is 0 Å². The summed E-state index contributed by atoms with van der Waals surface area (Å²) in [4.78, 5) is 35.1. The molecule has 8 heteroatoms. The van der Waals surface area contributed by atoms with E-state index in [0.717, 1.165) is 0 Å². The van der Waals surface area contributed by atoms with E-state index in [2.05, 4.69) is 5.32 Å². The number of nitrogens with one attached hydrogen (secondary N) is 2. The second-order valence-electron chi connectivity index (χ2n) is 5.18. The van der Waals surface area contributed by atoms with Gasteiger partial charge in [0, 0.05) is 13.5 Å². The summed E-state index contributed by atoms with van der Waals surface area (Å²) < 4.78 is 15.2. The van der Waals surface area contributed by atoms with Crippen molar-refractivity contribution in [3.8, 4) is 0 Å². The minimum Gasteiger partial charge on any atom is -0.462 e. The molecule has 0 saturated heterocycles. The highest BCUT2D eigenvalue weighted by Crippen LogP contribution is 2.03. The van der Waals surface area contributed by atoms with Crippen molar-refractivity contribution in [1.82, 2.24) is 5.32 Å². The molecule has 0 aromatic carbocycles. The van der Waals surface area contributed by atoms with E-state index in [1.54, 1.807) is 0 Å². The fourth-order valence-electron chi connectivity index (χ4n) is 1.53. The lowest BCUT2D eigenvalue weighted by Crippen LogP contribution is -2.46. The Morgan fingerprint density at radius 3 is 2.35 bits per heavy atom. The Morgan fingerprint density at radius 2 is 1.83 bits per heavy atom. The largest absolute Gasteiger partial charge is 0.462 e. The molecule has 0 aliphatic rings. The number of carbonyl (C=O) groups excluding carboxylic acids is 3. The van der Waals surface area contributed by atoms with E-state index >= 15 is 0 Å². The molecule has 0 radical (unpaired) electrons. The molecule has 0 rings (SSSR count). The molecule has 0 saturated carbocycles. The van der Waals surface area contributed by atoms with Crippen LogP contribution in [0.25, 0.3) is 0 Å². The van der Waals surface area contributed by atoms with E-state index in [-0.39, 0.29) is 32.2 Å². The highest BCUT2D eigenvalue weighted by atomic mass is 16.6. The predicted octanol–water partition coefficient (Wildman–Crippen LogP) is 0.473. The van der Waals surface area contributed by atoms with Crippen molar-refractivity contribution in [3.63, 3.8) is 0 Å². The Labute approximate surface area is 136 Å². The zero-order valence-electron chi connectivity index (χ0n) is 14.1. The lowest BCUT2D eigenvalue weighted by atomic mass is 10.1. The molecule has 0 aliphatic carbocycles. The van der Waals surface area contributed by atoms with E-state index < -0.39 is 29.8 Å². The van der Waals surface area contributed by atoms with Crippen molar-refractivity contribution in [2.45, 2.75) is 51.9 Å². The molecule has 0 aromatic heterocycles. The van der Waals surface area contributed by atoms with E-state index in [0.29, 0.717) is 6.21 Å². The number of ether oxygens (including phenoxy) is 3. The molecule has 0 aromatic rings. The van der Waals surface area contributed by atoms with Crippen LogP contribution in [-0.2, 0) is 28.6 Å². The van der Waals surface area contributed by atoms with Crippen LogP contribution in [0.2, 0.25) is 0 Å². The molecular weight excluding hydrogens is 304 g/mol. The lowest BCUT2D eigenvalue weighted by Gasteiger charge is -2.19. The monoisotopic (exact) mass is 330 g/mol. The van der Waals surface area contributed by atoms with Crippen molar-refractivity contribution in [1.29, 1.82) is 5.41 Å². The Hall–Kier alpha value is -1.80. The smallest absolute Gasteiger partial charge is 0.328 e. The van der Waals surface area contributed by atoms with Gasteiger partial charge in [-0.25, -0.2) is 4.79 Å². The Kier molecular flexibility index (Phi) is 10.8. The first kappa shape index (κ1) is 21.2. The molecule has 0 fully saturated rings. The summed E-state index contributed by atoms with van der Waals surface area (Å²) in [5.74, 6) is -1.55. The van der Waals surface area contributed by atoms with Gasteiger partial charge in [0.1, 0.15) is 18.8 Å². The fourth-order valence-corrected chi connectivity index (χ4v) is 1.53. The van der Waals surface area contributed by atoms with Crippen molar-refractivity contribution < 1.29 is 28.6 Å². The minimum absolute atomic E-state index is 0.0250. The van der Waals surface area contributed by atoms with Crippen molar-refractivity contribution in [2.75, 3.05) is 20.3 Å². The number of carbonyl (C=O) groups is 3. The van der Waals surface area contributed by atoms with Gasteiger partial charge in [0.05, 0.1) is 18.9 Å². The third kappa shape index (κ3) is 9.75. The number of ketones is 1. The normalized spacial score (nSPS) is 13.3. The third-order valence-corrected chi connectivity index (χ3v) is 2.94. The molecule has 0 bridgehead atoms. The van der Waals surface area contributed by atoms with Gasteiger partial charge in [0.25, 0.3) is 0 Å². The van der Waals surface area contributed by atoms with Gasteiger partial charge >= 0.3 is 5.97 Å². The van der Waals surface area contributed by atoms with Crippen LogP contribution in [-0.4, -0.2) is 62.4 Å². The number of esters is 1. The van der Waals surface area contributed by atoms with Gasteiger partial charge in [-0.05, 0) is 27.2 Å². The Morgan fingerprint density at radius 1 is 1.17 bits per heavy atom. The average molecular weight is 330 g/mol. The molecule has 0 aliphatic heterocycles. The first-order valence-electron chi connectivity index (χ1n) is 7.46. The molecule has 0 unspecified atom stereocenters. The highest BCUT2D eigenvalue weighted by molar-refractivity contribution is 6.26. The molecular formula is C15H26N2O6. The number of Topliss-reactive ketones (excluding diaryl/α,β-unsaturated/α-hetero) is 1. The van der Waals surface area contributed by atoms with Crippen molar-refractivity contribution in [2.24, 2.45) is 0 Å². The first-order chi connectivity index (χ1) is 10.8. The lowest BCUT2D eigenvalue weighted by molar-refractivity contribution is -0.151. The Bertz CT molecular complexity index is 411. The molecule has 8 nitrogen and oxygen atoms in total. The van der Waals surface area contributed by atoms with Crippen LogP contribution in [0.3, 0.4) is 0 Å². The molecule has 1 amide bonds. The maximum atomic E-state index is 12.0. The first-order valence-corrected chi connectivity index (χ1v) is 7.46. The van der Waals surface area contributed by atoms with Crippen molar-refractivity contribution in [3.05, 3.63) is 0 Å². The predicted molar refractivity (Wildman–Crippen MR) is 83.5 cm³/mol. The molecule has 2 atom stereocenters. The summed E-state index contributed by atoms with van der Waals surface area (Å²) in [6.45, 7) is 5.57. The zero-order chi connectivity index (χ0) is 17.8. The van der Waals surface area contributed by atoms with Crippen LogP contribution in [0.4, 0.5) is 0 Å². The van der Waals surface area contributed by atoms with Gasteiger partial charge in [-0.15, -0.1) is 0 Å². The van der Waals surface area contributed by atoms with Gasteiger partial charge < -0.3 is 24.9 Å². The highest BCUT2D eigenvalue weighted by Gasteiger charge is 2.25. The average Bonchev–Trinajstić information content (AvgIpc) is 2.53. The molecule has 2 N–H and O–H groups in total. The van der Waals surface area contributed by atoms with Gasteiger partial charge in [0.15, 0.2) is 5.78 Å². The second-order valence-corrected chi connectivity index (χ2v) is 5.18. The summed E-state index contributed by atoms with van der Waals surface area (Å²) in [5.41, 5.74) is 0. The molecule has 0 heterocycles. The third-order valence-electron chi connectivity index (χ3n) is 2.94. The van der Waals surface area contributed by atoms with Gasteiger partial charge in [-0.2, -0.15) is 0 Å². The second kappa shape index (κ2) is 11.7. The van der Waals surface area contributed by atoms with Gasteiger partial charge in [-0.1, -0.05) is 0 Å². The number of hydrogen-bond donors (Lipinski definition) is 2. The van der Waals surface area contributed by atoms with Crippen LogP contribution < -0.4 is 5.32 Å². The molecule has 0 spiro atoms. The summed E-state index contributed by atoms with van der Waals surface area (Å²) in [6, 6.07) is -0.969. The minimum atomic E-state index is -0.969. The van der Waals surface area contributed by atoms with E-state index in [1.807, 2.05) is 13.8 Å². The van der Waals surface area contributed by atoms with Crippen LogP contribution in [0.5, 0.6) is 0 Å².